The van der Waals surface area contributed by atoms with Crippen LogP contribution in [0, 0.1) is 0 Å². The van der Waals surface area contributed by atoms with Crippen molar-refractivity contribution in [2.75, 3.05) is 10.2 Å². The number of alkyl halides is 3. The van der Waals surface area contributed by atoms with Gasteiger partial charge in [-0.25, -0.2) is 14.7 Å². The molecule has 0 saturated carbocycles. The Kier molecular flexibility index (Phi) is 6.32. The third-order valence-corrected chi connectivity index (χ3v) is 6.05. The highest BCUT2D eigenvalue weighted by molar-refractivity contribution is 8.00. The van der Waals surface area contributed by atoms with Gasteiger partial charge in [0.1, 0.15) is 17.2 Å². The molecule has 4 rings (SSSR count). The SMILES string of the molecule is CC1(C)C(=O)N(c2ccc(SC(F)(F)F)cc2)C(=O)N1Cc1ccnc(Nc2cccc(O)n2)c1. The fourth-order valence-electron chi connectivity index (χ4n) is 3.57. The van der Waals surface area contributed by atoms with E-state index < -0.39 is 23.0 Å². The van der Waals surface area contributed by atoms with Gasteiger partial charge < -0.3 is 15.3 Å². The molecule has 0 spiro atoms. The molecule has 12 heteroatoms. The highest BCUT2D eigenvalue weighted by Crippen LogP contribution is 2.39. The number of aromatic nitrogens is 2. The molecule has 1 aromatic carbocycles. The monoisotopic (exact) mass is 503 g/mol. The summed E-state index contributed by atoms with van der Waals surface area (Å²) in [7, 11) is 0. The number of carbonyl (C=O) groups excluding carboxylic acids is 2. The van der Waals surface area contributed by atoms with Gasteiger partial charge >= 0.3 is 11.5 Å². The molecule has 3 heterocycles. The third-order valence-electron chi connectivity index (χ3n) is 5.31. The predicted molar refractivity (Wildman–Crippen MR) is 124 cm³/mol. The van der Waals surface area contributed by atoms with E-state index in [4.69, 9.17) is 0 Å². The number of benzene rings is 1. The zero-order chi connectivity index (χ0) is 25.4. The Morgan fingerprint density at radius 1 is 1.06 bits per heavy atom. The van der Waals surface area contributed by atoms with Crippen molar-refractivity contribution in [2.24, 2.45) is 0 Å². The van der Waals surface area contributed by atoms with Crippen molar-refractivity contribution < 1.29 is 27.9 Å². The molecular weight excluding hydrogens is 483 g/mol. The van der Waals surface area contributed by atoms with E-state index >= 15 is 0 Å². The molecule has 1 saturated heterocycles. The Morgan fingerprint density at radius 2 is 1.77 bits per heavy atom. The van der Waals surface area contributed by atoms with Crippen LogP contribution in [0.15, 0.2) is 65.7 Å². The Bertz CT molecular complexity index is 1270. The number of anilines is 3. The van der Waals surface area contributed by atoms with Crippen molar-refractivity contribution in [1.29, 1.82) is 0 Å². The van der Waals surface area contributed by atoms with Crippen LogP contribution in [0.25, 0.3) is 0 Å². The number of amides is 3. The Hall–Kier alpha value is -3.80. The van der Waals surface area contributed by atoms with Gasteiger partial charge in [-0.2, -0.15) is 18.2 Å². The number of rotatable bonds is 6. The van der Waals surface area contributed by atoms with Crippen molar-refractivity contribution in [3.8, 4) is 5.88 Å². The molecule has 0 radical (unpaired) electrons. The average Bonchev–Trinajstić information content (AvgIpc) is 2.93. The number of pyridine rings is 2. The molecule has 8 nitrogen and oxygen atoms in total. The van der Waals surface area contributed by atoms with E-state index in [0.29, 0.717) is 17.2 Å². The summed E-state index contributed by atoms with van der Waals surface area (Å²) in [6.45, 7) is 3.30. The maximum Gasteiger partial charge on any atom is 0.446 e. The van der Waals surface area contributed by atoms with Crippen molar-refractivity contribution in [3.63, 3.8) is 0 Å². The van der Waals surface area contributed by atoms with Crippen molar-refractivity contribution in [3.05, 3.63) is 66.4 Å². The normalized spacial score (nSPS) is 15.6. The fraction of sp³-hybridized carbons (Fsp3) is 0.217. The molecule has 0 bridgehead atoms. The van der Waals surface area contributed by atoms with E-state index in [-0.39, 0.29) is 34.8 Å². The van der Waals surface area contributed by atoms with Gasteiger partial charge in [0.05, 0.1) is 5.69 Å². The summed E-state index contributed by atoms with van der Waals surface area (Å²) in [4.78, 5) is 36.8. The summed E-state index contributed by atoms with van der Waals surface area (Å²) < 4.78 is 37.8. The second kappa shape index (κ2) is 9.10. The Morgan fingerprint density at radius 3 is 2.43 bits per heavy atom. The zero-order valence-corrected chi connectivity index (χ0v) is 19.4. The number of thioether (sulfide) groups is 1. The van der Waals surface area contributed by atoms with Gasteiger partial charge in [0.15, 0.2) is 0 Å². The molecule has 2 aromatic heterocycles. The van der Waals surface area contributed by atoms with Crippen LogP contribution in [-0.2, 0) is 11.3 Å². The van der Waals surface area contributed by atoms with Crippen LogP contribution in [0.2, 0.25) is 0 Å². The molecule has 1 aliphatic rings. The summed E-state index contributed by atoms with van der Waals surface area (Å²) in [6.07, 6.45) is 1.53. The largest absolute Gasteiger partial charge is 0.493 e. The Balaban J connectivity index is 1.54. The third kappa shape index (κ3) is 5.32. The minimum absolute atomic E-state index is 0.0468. The van der Waals surface area contributed by atoms with Gasteiger partial charge in [0.2, 0.25) is 5.88 Å². The minimum Gasteiger partial charge on any atom is -0.493 e. The van der Waals surface area contributed by atoms with E-state index in [1.807, 2.05) is 0 Å². The molecule has 3 amide bonds. The van der Waals surface area contributed by atoms with Gasteiger partial charge in [-0.3, -0.25) is 4.79 Å². The van der Waals surface area contributed by atoms with Crippen molar-refractivity contribution in [1.82, 2.24) is 14.9 Å². The van der Waals surface area contributed by atoms with Gasteiger partial charge in [-0.1, -0.05) is 6.07 Å². The Labute approximate surface area is 202 Å². The van der Waals surface area contributed by atoms with Crippen LogP contribution in [0.5, 0.6) is 5.88 Å². The smallest absolute Gasteiger partial charge is 0.446 e. The lowest BCUT2D eigenvalue weighted by Crippen LogP contribution is -2.43. The first kappa shape index (κ1) is 24.3. The van der Waals surface area contributed by atoms with Crippen molar-refractivity contribution >= 4 is 41.0 Å². The number of imide groups is 1. The first-order chi connectivity index (χ1) is 16.4. The number of nitrogens with one attached hydrogen (secondary N) is 1. The van der Waals surface area contributed by atoms with E-state index in [1.165, 1.54) is 41.4 Å². The molecule has 3 aromatic rings. The molecule has 0 atom stereocenters. The standard InChI is InChI=1S/C23H20F3N5O3S/c1-22(2)20(33)31(15-6-8-16(9-7-15)35-23(24,25)26)21(34)30(22)13-14-10-11-27-18(12-14)28-17-4-3-5-19(32)29-17/h3-12H,13H2,1-2H3,(H2,27,28,29,32). The molecule has 2 N–H and O–H groups in total. The van der Waals surface area contributed by atoms with Gasteiger partial charge in [0, 0.05) is 23.7 Å². The van der Waals surface area contributed by atoms with E-state index in [0.717, 1.165) is 4.90 Å². The van der Waals surface area contributed by atoms with E-state index in [2.05, 4.69) is 15.3 Å². The molecule has 1 aliphatic heterocycles. The number of carbonyl (C=O) groups is 2. The first-order valence-electron chi connectivity index (χ1n) is 10.3. The van der Waals surface area contributed by atoms with Gasteiger partial charge in [-0.15, -0.1) is 0 Å². The van der Waals surface area contributed by atoms with Gasteiger partial charge in [-0.05, 0) is 73.6 Å². The molecule has 0 unspecified atom stereocenters. The molecule has 1 fully saturated rings. The summed E-state index contributed by atoms with van der Waals surface area (Å²) in [5.41, 5.74) is -4.76. The topological polar surface area (TPSA) is 98.7 Å². The molecular formula is C23H20F3N5O3S. The molecule has 0 aliphatic carbocycles. The quantitative estimate of drug-likeness (QED) is 0.349. The zero-order valence-electron chi connectivity index (χ0n) is 18.6. The number of aromatic hydroxyl groups is 1. The summed E-state index contributed by atoms with van der Waals surface area (Å²) in [5, 5.41) is 12.5. The maximum atomic E-state index is 13.2. The summed E-state index contributed by atoms with van der Waals surface area (Å²) in [5.74, 6) is 0.154. The van der Waals surface area contributed by atoms with Crippen LogP contribution in [0.4, 0.5) is 35.3 Å². The van der Waals surface area contributed by atoms with Crippen LogP contribution in [0.3, 0.4) is 0 Å². The first-order valence-corrected chi connectivity index (χ1v) is 11.2. The highest BCUT2D eigenvalue weighted by atomic mass is 32.2. The second-order valence-corrected chi connectivity index (χ2v) is 9.30. The van der Waals surface area contributed by atoms with Crippen LogP contribution in [0.1, 0.15) is 19.4 Å². The number of nitrogens with zero attached hydrogens (tertiary/aromatic N) is 4. The second-order valence-electron chi connectivity index (χ2n) is 8.17. The van der Waals surface area contributed by atoms with Crippen molar-refractivity contribution in [2.45, 2.75) is 36.3 Å². The lowest BCUT2D eigenvalue weighted by molar-refractivity contribution is -0.123. The molecule has 35 heavy (non-hydrogen) atoms. The highest BCUT2D eigenvalue weighted by Gasteiger charge is 2.51. The van der Waals surface area contributed by atoms with E-state index in [9.17, 15) is 27.9 Å². The van der Waals surface area contributed by atoms with Crippen LogP contribution in [-0.4, -0.2) is 43.0 Å². The number of hydrogen-bond acceptors (Lipinski definition) is 7. The number of hydrogen-bond donors (Lipinski definition) is 2. The number of halogens is 3. The average molecular weight is 504 g/mol. The fourth-order valence-corrected chi connectivity index (χ4v) is 4.11. The van der Waals surface area contributed by atoms with E-state index in [1.54, 1.807) is 38.1 Å². The lowest BCUT2D eigenvalue weighted by Gasteiger charge is -2.27. The number of urea groups is 1. The van der Waals surface area contributed by atoms with Crippen LogP contribution < -0.4 is 10.2 Å². The van der Waals surface area contributed by atoms with Crippen LogP contribution >= 0.6 is 11.8 Å². The summed E-state index contributed by atoms with van der Waals surface area (Å²) >= 11 is -0.271. The maximum absolute atomic E-state index is 13.2. The molecule has 182 valence electrons. The van der Waals surface area contributed by atoms with Gasteiger partial charge in [0.25, 0.3) is 5.91 Å². The summed E-state index contributed by atoms with van der Waals surface area (Å²) in [6, 6.07) is 12.6. The lowest BCUT2D eigenvalue weighted by atomic mass is 10.0. The predicted octanol–water partition coefficient (Wildman–Crippen LogP) is 5.29. The minimum atomic E-state index is -4.44.